The van der Waals surface area contributed by atoms with Crippen molar-refractivity contribution in [2.75, 3.05) is 19.7 Å². The molecule has 0 bridgehead atoms. The van der Waals surface area contributed by atoms with Crippen LogP contribution < -0.4 is 0 Å². The fraction of sp³-hybridized carbons (Fsp3) is 0.974. The fourth-order valence-corrected chi connectivity index (χ4v) is 6.92. The molecule has 1 aliphatic rings. The van der Waals surface area contributed by atoms with Crippen LogP contribution in [0.4, 0.5) is 0 Å². The first kappa shape index (κ1) is 45.2. The van der Waals surface area contributed by atoms with E-state index in [1.807, 2.05) is 0 Å². The molecule has 1 amide bonds. The molecule has 1 aliphatic heterocycles. The Morgan fingerprint density at radius 2 is 0.979 bits per heavy atom. The first-order valence-corrected chi connectivity index (χ1v) is 20.2. The number of aliphatic hydroxyl groups excluding tert-OH is 6. The van der Waals surface area contributed by atoms with Crippen LogP contribution in [0, 0.1) is 0 Å². The maximum absolute atomic E-state index is 13.3. The number of carbonyl (C=O) groups excluding carboxylic acids is 1. The topological polar surface area (TPSA) is 151 Å². The number of unbranched alkanes of at least 4 members (excludes halogenated alkanes) is 22. The number of hydrogen-bond donors (Lipinski definition) is 6. The maximum Gasteiger partial charge on any atom is 0.251 e. The van der Waals surface area contributed by atoms with Crippen LogP contribution in [-0.2, 0) is 9.53 Å². The van der Waals surface area contributed by atoms with Crippen LogP contribution in [-0.4, -0.2) is 104 Å². The van der Waals surface area contributed by atoms with Crippen LogP contribution in [0.5, 0.6) is 0 Å². The van der Waals surface area contributed by atoms with E-state index in [2.05, 4.69) is 13.8 Å². The fourth-order valence-electron chi connectivity index (χ4n) is 6.92. The van der Waals surface area contributed by atoms with Crippen molar-refractivity contribution in [3.63, 3.8) is 0 Å². The third-order valence-electron chi connectivity index (χ3n) is 10.1. The minimum atomic E-state index is -1.51. The molecule has 0 aromatic heterocycles. The molecular formula is C39H77NO8. The van der Waals surface area contributed by atoms with Gasteiger partial charge in [-0.05, 0) is 12.8 Å². The second kappa shape index (κ2) is 29.9. The van der Waals surface area contributed by atoms with E-state index in [1.54, 1.807) is 0 Å². The van der Waals surface area contributed by atoms with Crippen LogP contribution in [0.15, 0.2) is 0 Å². The number of carbonyl (C=O) groups is 1. The van der Waals surface area contributed by atoms with Crippen molar-refractivity contribution in [3.05, 3.63) is 0 Å². The molecule has 0 radical (unpaired) electrons. The van der Waals surface area contributed by atoms with E-state index in [0.29, 0.717) is 13.0 Å². The summed E-state index contributed by atoms with van der Waals surface area (Å²) in [6.07, 6.45) is 21.0. The van der Waals surface area contributed by atoms with E-state index in [0.717, 1.165) is 44.9 Å². The maximum atomic E-state index is 13.3. The molecule has 0 aromatic rings. The standard InChI is InChI=1S/C39H77NO8/c1-3-5-7-9-11-12-13-14-15-16-17-18-19-20-21-22-24-26-28-40(39(47)33(43)27-25-23-10-8-6-4-2)30-32(42)29-34-36(44)38(46)37(45)35(31-41)48-34/h32-38,41-46H,3-31H2,1-2H3/t32?,33?,34-,35+,36-,37+,38+/m0/s1. The van der Waals surface area contributed by atoms with Gasteiger partial charge in [0.05, 0.1) is 18.8 Å². The van der Waals surface area contributed by atoms with Gasteiger partial charge in [-0.1, -0.05) is 162 Å². The van der Waals surface area contributed by atoms with Crippen LogP contribution in [0.1, 0.15) is 181 Å². The highest BCUT2D eigenvalue weighted by Gasteiger charge is 2.44. The number of ether oxygens (including phenoxy) is 1. The second-order valence-corrected chi connectivity index (χ2v) is 14.6. The average molecular weight is 688 g/mol. The molecule has 0 saturated carbocycles. The highest BCUT2D eigenvalue weighted by Crippen LogP contribution is 2.25. The molecule has 1 heterocycles. The molecule has 286 valence electrons. The monoisotopic (exact) mass is 688 g/mol. The Balaban J connectivity index is 2.38. The minimum absolute atomic E-state index is 0.0274. The Morgan fingerprint density at radius 1 is 0.583 bits per heavy atom. The number of rotatable bonds is 32. The smallest absolute Gasteiger partial charge is 0.251 e. The van der Waals surface area contributed by atoms with Gasteiger partial charge < -0.3 is 40.3 Å². The molecule has 2 unspecified atom stereocenters. The van der Waals surface area contributed by atoms with Crippen molar-refractivity contribution >= 4 is 5.91 Å². The first-order valence-electron chi connectivity index (χ1n) is 20.2. The van der Waals surface area contributed by atoms with E-state index in [4.69, 9.17) is 4.74 Å². The van der Waals surface area contributed by atoms with Gasteiger partial charge in [-0.2, -0.15) is 0 Å². The summed E-state index contributed by atoms with van der Waals surface area (Å²) in [6, 6.07) is 0. The zero-order valence-corrected chi connectivity index (χ0v) is 31.0. The van der Waals surface area contributed by atoms with E-state index in [1.165, 1.54) is 114 Å². The molecular weight excluding hydrogens is 610 g/mol. The number of amides is 1. The summed E-state index contributed by atoms with van der Waals surface area (Å²) in [5.74, 6) is -0.386. The predicted molar refractivity (Wildman–Crippen MR) is 194 cm³/mol. The van der Waals surface area contributed by atoms with Crippen LogP contribution in [0.3, 0.4) is 0 Å². The molecule has 1 saturated heterocycles. The Hall–Kier alpha value is -0.810. The Morgan fingerprint density at radius 3 is 1.42 bits per heavy atom. The summed E-state index contributed by atoms with van der Waals surface area (Å²) in [4.78, 5) is 14.8. The van der Waals surface area contributed by atoms with Crippen molar-refractivity contribution in [3.8, 4) is 0 Å². The lowest BCUT2D eigenvalue weighted by atomic mass is 9.92. The average Bonchev–Trinajstić information content (AvgIpc) is 3.08. The van der Waals surface area contributed by atoms with Crippen molar-refractivity contribution in [1.29, 1.82) is 0 Å². The van der Waals surface area contributed by atoms with Crippen LogP contribution in [0.25, 0.3) is 0 Å². The number of hydrogen-bond acceptors (Lipinski definition) is 8. The Bertz CT molecular complexity index is 741. The van der Waals surface area contributed by atoms with Gasteiger partial charge in [0.25, 0.3) is 5.91 Å². The molecule has 7 atom stereocenters. The summed E-state index contributed by atoms with van der Waals surface area (Å²) in [5, 5.41) is 61.7. The van der Waals surface area contributed by atoms with Gasteiger partial charge in [0.2, 0.25) is 0 Å². The molecule has 1 fully saturated rings. The number of nitrogens with zero attached hydrogens (tertiary/aromatic N) is 1. The van der Waals surface area contributed by atoms with E-state index in [-0.39, 0.29) is 18.9 Å². The highest BCUT2D eigenvalue weighted by atomic mass is 16.5. The van der Waals surface area contributed by atoms with Gasteiger partial charge in [-0.25, -0.2) is 0 Å². The SMILES string of the molecule is CCCCCCCCCCCCCCCCCCCCN(CC(O)C[C@@H]1O[C@H](CO)[C@@H](O)[C@H](O)[C@H]1O)C(=O)C(O)CCCCCCCC. The van der Waals surface area contributed by atoms with Crippen molar-refractivity contribution in [2.24, 2.45) is 0 Å². The Kier molecular flexibility index (Phi) is 28.1. The summed E-state index contributed by atoms with van der Waals surface area (Å²) >= 11 is 0. The van der Waals surface area contributed by atoms with Gasteiger partial charge in [0.15, 0.2) is 0 Å². The number of aliphatic hydroxyl groups is 6. The lowest BCUT2D eigenvalue weighted by Gasteiger charge is -2.41. The van der Waals surface area contributed by atoms with Gasteiger partial charge in [-0.3, -0.25) is 4.79 Å². The van der Waals surface area contributed by atoms with E-state index < -0.39 is 49.3 Å². The van der Waals surface area contributed by atoms with Gasteiger partial charge in [-0.15, -0.1) is 0 Å². The molecule has 0 spiro atoms. The first-order chi connectivity index (χ1) is 23.3. The predicted octanol–water partition coefficient (Wildman–Crippen LogP) is 6.56. The van der Waals surface area contributed by atoms with Crippen molar-refractivity contribution < 1.29 is 40.2 Å². The third-order valence-corrected chi connectivity index (χ3v) is 10.1. The normalized spacial score (nSPS) is 22.5. The summed E-state index contributed by atoms with van der Waals surface area (Å²) < 4.78 is 5.56. The van der Waals surface area contributed by atoms with E-state index >= 15 is 0 Å². The third kappa shape index (κ3) is 20.8. The molecule has 6 N–H and O–H groups in total. The molecule has 9 nitrogen and oxygen atoms in total. The second-order valence-electron chi connectivity index (χ2n) is 14.6. The van der Waals surface area contributed by atoms with Gasteiger partial charge in [0, 0.05) is 19.5 Å². The van der Waals surface area contributed by atoms with Gasteiger partial charge in [0.1, 0.15) is 30.5 Å². The van der Waals surface area contributed by atoms with Gasteiger partial charge >= 0.3 is 0 Å². The zero-order valence-electron chi connectivity index (χ0n) is 31.0. The Labute approximate surface area is 293 Å². The quantitative estimate of drug-likeness (QED) is 0.0435. The van der Waals surface area contributed by atoms with Crippen molar-refractivity contribution in [2.45, 2.75) is 224 Å². The molecule has 0 aromatic carbocycles. The molecule has 0 aliphatic carbocycles. The highest BCUT2D eigenvalue weighted by molar-refractivity contribution is 5.80. The molecule has 48 heavy (non-hydrogen) atoms. The lowest BCUT2D eigenvalue weighted by Crippen LogP contribution is -2.59. The summed E-state index contributed by atoms with van der Waals surface area (Å²) in [7, 11) is 0. The zero-order chi connectivity index (χ0) is 35.4. The summed E-state index contributed by atoms with van der Waals surface area (Å²) in [5.41, 5.74) is 0. The largest absolute Gasteiger partial charge is 0.394 e. The molecule has 1 rings (SSSR count). The van der Waals surface area contributed by atoms with Crippen molar-refractivity contribution in [1.82, 2.24) is 4.90 Å². The van der Waals surface area contributed by atoms with Crippen LogP contribution in [0.2, 0.25) is 0 Å². The summed E-state index contributed by atoms with van der Waals surface area (Å²) in [6.45, 7) is 4.30. The lowest BCUT2D eigenvalue weighted by molar-refractivity contribution is -0.234. The molecule has 9 heteroatoms. The minimum Gasteiger partial charge on any atom is -0.394 e. The van der Waals surface area contributed by atoms with Crippen LogP contribution >= 0.6 is 0 Å². The van der Waals surface area contributed by atoms with E-state index in [9.17, 15) is 35.4 Å².